The third-order valence-electron chi connectivity index (χ3n) is 1.96. The van der Waals surface area contributed by atoms with E-state index < -0.39 is 11.8 Å². The van der Waals surface area contributed by atoms with E-state index in [0.29, 0.717) is 0 Å². The van der Waals surface area contributed by atoms with Gasteiger partial charge < -0.3 is 4.90 Å². The highest BCUT2D eigenvalue weighted by molar-refractivity contribution is 6.21. The first-order valence-electron chi connectivity index (χ1n) is 3.83. The molecule has 0 bridgehead atoms. The number of alkyl halides is 4. The van der Waals surface area contributed by atoms with Crippen LogP contribution in [-0.4, -0.2) is 28.7 Å². The van der Waals surface area contributed by atoms with Gasteiger partial charge in [-0.2, -0.15) is 8.78 Å². The van der Waals surface area contributed by atoms with E-state index in [1.54, 1.807) is 0 Å². The third kappa shape index (κ3) is 3.27. The molecule has 2 nitrogen and oxygen atoms in total. The molecule has 1 saturated heterocycles. The van der Waals surface area contributed by atoms with E-state index in [-0.39, 0.29) is 30.8 Å². The third-order valence-corrected chi connectivity index (χ3v) is 2.40. The van der Waals surface area contributed by atoms with Crippen molar-refractivity contribution in [1.29, 1.82) is 0 Å². The average molecular weight is 232 g/mol. The average Bonchev–Trinajstić information content (AvgIpc) is 2.26. The number of hydrogen-bond acceptors (Lipinski definition) is 1. The molecule has 76 valence electrons. The van der Waals surface area contributed by atoms with Gasteiger partial charge >= 0.3 is 5.38 Å². The Kier molecular flexibility index (Phi) is 3.35. The molecule has 0 aromatic rings. The molecule has 6 heteroatoms. The van der Waals surface area contributed by atoms with Crippen molar-refractivity contribution in [3.63, 3.8) is 0 Å². The molecule has 1 rings (SSSR count). The summed E-state index contributed by atoms with van der Waals surface area (Å²) in [7, 11) is 0. The van der Waals surface area contributed by atoms with Crippen LogP contribution in [-0.2, 0) is 4.79 Å². The quantitative estimate of drug-likeness (QED) is 0.539. The second-order valence-corrected chi connectivity index (χ2v) is 3.92. The van der Waals surface area contributed by atoms with Crippen molar-refractivity contribution in [3.8, 4) is 0 Å². The molecule has 0 unspecified atom stereocenters. The van der Waals surface area contributed by atoms with Crippen molar-refractivity contribution >= 4 is 29.1 Å². The zero-order valence-electron chi connectivity index (χ0n) is 6.77. The molecule has 0 spiro atoms. The van der Waals surface area contributed by atoms with Crippen molar-refractivity contribution in [2.45, 2.75) is 18.2 Å². The molecule has 0 saturated carbocycles. The predicted octanol–water partition coefficient (Wildman–Crippen LogP) is 2.25. The molecule has 0 aromatic carbocycles. The first-order chi connectivity index (χ1) is 5.92. The number of rotatable bonds is 3. The SMILES string of the molecule is O=C1C[C@H](CC(F)(F)Cl)CN1CCl. The molecular weight excluding hydrogens is 223 g/mol. The fraction of sp³-hybridized carbons (Fsp3) is 0.857. The molecule has 13 heavy (non-hydrogen) atoms. The number of carbonyl (C=O) groups excluding carboxylic acids is 1. The Morgan fingerprint density at radius 3 is 2.62 bits per heavy atom. The van der Waals surface area contributed by atoms with Crippen LogP contribution in [0.5, 0.6) is 0 Å². The molecule has 0 aromatic heterocycles. The van der Waals surface area contributed by atoms with Gasteiger partial charge in [-0.3, -0.25) is 4.79 Å². The van der Waals surface area contributed by atoms with Crippen molar-refractivity contribution in [2.24, 2.45) is 5.92 Å². The Hall–Kier alpha value is -0.0900. The monoisotopic (exact) mass is 231 g/mol. The predicted molar refractivity (Wildman–Crippen MR) is 46.0 cm³/mol. The second-order valence-electron chi connectivity index (χ2n) is 3.13. The number of nitrogens with zero attached hydrogens (tertiary/aromatic N) is 1. The smallest absolute Gasteiger partial charge is 0.322 e. The lowest BCUT2D eigenvalue weighted by molar-refractivity contribution is -0.126. The zero-order chi connectivity index (χ0) is 10.1. The summed E-state index contributed by atoms with van der Waals surface area (Å²) in [6.07, 6.45) is -0.345. The topological polar surface area (TPSA) is 20.3 Å². The number of hydrogen-bond donors (Lipinski definition) is 0. The second kappa shape index (κ2) is 3.96. The van der Waals surface area contributed by atoms with E-state index in [9.17, 15) is 13.6 Å². The number of likely N-dealkylation sites (tertiary alicyclic amines) is 1. The van der Waals surface area contributed by atoms with Crippen LogP contribution in [0.15, 0.2) is 0 Å². The van der Waals surface area contributed by atoms with Gasteiger partial charge in [0.2, 0.25) is 5.91 Å². The van der Waals surface area contributed by atoms with E-state index >= 15 is 0 Å². The lowest BCUT2D eigenvalue weighted by Gasteiger charge is -2.14. The van der Waals surface area contributed by atoms with E-state index in [1.165, 1.54) is 4.90 Å². The van der Waals surface area contributed by atoms with Crippen LogP contribution in [0.25, 0.3) is 0 Å². The maximum Gasteiger partial charge on any atom is 0.322 e. The first-order valence-corrected chi connectivity index (χ1v) is 4.74. The molecule has 0 N–H and O–H groups in total. The van der Waals surface area contributed by atoms with Gasteiger partial charge in [0.15, 0.2) is 0 Å². The van der Waals surface area contributed by atoms with Crippen molar-refractivity contribution < 1.29 is 13.6 Å². The van der Waals surface area contributed by atoms with Gasteiger partial charge in [-0.25, -0.2) is 0 Å². The Labute approximate surface area is 84.8 Å². The first kappa shape index (κ1) is 11.0. The zero-order valence-corrected chi connectivity index (χ0v) is 8.28. The maximum atomic E-state index is 12.3. The van der Waals surface area contributed by atoms with Gasteiger partial charge in [0, 0.05) is 19.4 Å². The molecular formula is C7H9Cl2F2NO. The van der Waals surface area contributed by atoms with Crippen LogP contribution in [0.3, 0.4) is 0 Å². The maximum absolute atomic E-state index is 12.3. The van der Waals surface area contributed by atoms with E-state index in [0.717, 1.165) is 0 Å². The van der Waals surface area contributed by atoms with E-state index in [1.807, 2.05) is 0 Å². The number of halogens is 4. The van der Waals surface area contributed by atoms with E-state index in [4.69, 9.17) is 23.2 Å². The Morgan fingerprint density at radius 1 is 1.62 bits per heavy atom. The molecule has 1 aliphatic rings. The summed E-state index contributed by atoms with van der Waals surface area (Å²) in [4.78, 5) is 12.4. The van der Waals surface area contributed by atoms with Gasteiger partial charge in [0.1, 0.15) is 0 Å². The van der Waals surface area contributed by atoms with Gasteiger partial charge in [0.25, 0.3) is 0 Å². The lowest BCUT2D eigenvalue weighted by atomic mass is 10.1. The number of carbonyl (C=O) groups is 1. The highest BCUT2D eigenvalue weighted by Crippen LogP contribution is 2.32. The van der Waals surface area contributed by atoms with Gasteiger partial charge in [0.05, 0.1) is 6.00 Å². The van der Waals surface area contributed by atoms with Gasteiger partial charge in [-0.15, -0.1) is 11.6 Å². The highest BCUT2D eigenvalue weighted by Gasteiger charge is 2.36. The lowest BCUT2D eigenvalue weighted by Crippen LogP contribution is -2.24. The summed E-state index contributed by atoms with van der Waals surface area (Å²) in [5.74, 6) is -0.556. The van der Waals surface area contributed by atoms with Gasteiger partial charge in [-0.05, 0) is 17.5 Å². The molecule has 1 aliphatic heterocycles. The number of amides is 1. The summed E-state index contributed by atoms with van der Waals surface area (Å²) in [6, 6.07) is 0.0587. The van der Waals surface area contributed by atoms with Crippen molar-refractivity contribution in [3.05, 3.63) is 0 Å². The highest BCUT2D eigenvalue weighted by atomic mass is 35.5. The Balaban J connectivity index is 2.45. The van der Waals surface area contributed by atoms with E-state index in [2.05, 4.69) is 0 Å². The summed E-state index contributed by atoms with van der Waals surface area (Å²) >= 11 is 10.2. The van der Waals surface area contributed by atoms with Crippen LogP contribution in [0.4, 0.5) is 8.78 Å². The molecule has 1 fully saturated rings. The fourth-order valence-corrected chi connectivity index (χ4v) is 1.88. The van der Waals surface area contributed by atoms with Gasteiger partial charge in [-0.1, -0.05) is 0 Å². The minimum atomic E-state index is -3.22. The van der Waals surface area contributed by atoms with Crippen LogP contribution in [0.1, 0.15) is 12.8 Å². The Bertz CT molecular complexity index is 207. The van der Waals surface area contributed by atoms with Crippen LogP contribution < -0.4 is 0 Å². The summed E-state index contributed by atoms with van der Waals surface area (Å²) in [6.45, 7) is 0.282. The minimum absolute atomic E-state index is 0.0587. The summed E-state index contributed by atoms with van der Waals surface area (Å²) in [5.41, 5.74) is 0. The molecule has 1 amide bonds. The minimum Gasteiger partial charge on any atom is -0.329 e. The Morgan fingerprint density at radius 2 is 2.23 bits per heavy atom. The standard InChI is InChI=1S/C7H9Cl2F2NO/c8-4-12-3-5(1-6(12)13)2-7(9,10)11/h5H,1-4H2/t5-/m1/s1. The molecule has 0 radical (unpaired) electrons. The molecule has 1 atom stereocenters. The van der Waals surface area contributed by atoms with Crippen LogP contribution in [0.2, 0.25) is 0 Å². The molecule has 0 aliphatic carbocycles. The fourth-order valence-electron chi connectivity index (χ4n) is 1.43. The van der Waals surface area contributed by atoms with Crippen LogP contribution >= 0.6 is 23.2 Å². The van der Waals surface area contributed by atoms with Crippen molar-refractivity contribution in [1.82, 2.24) is 4.90 Å². The van der Waals surface area contributed by atoms with Crippen LogP contribution in [0, 0.1) is 5.92 Å². The largest absolute Gasteiger partial charge is 0.329 e. The normalized spacial score (nSPS) is 24.2. The summed E-state index contributed by atoms with van der Waals surface area (Å²) in [5, 5.41) is -3.22. The molecule has 1 heterocycles. The van der Waals surface area contributed by atoms with Crippen molar-refractivity contribution in [2.75, 3.05) is 12.5 Å². The summed E-state index contributed by atoms with van der Waals surface area (Å²) < 4.78 is 24.7.